The minimum Gasteiger partial charge on any atom is -0.454 e. The molecule has 0 aliphatic rings. The zero-order chi connectivity index (χ0) is 30.5. The van der Waals surface area contributed by atoms with Crippen LogP contribution >= 0.6 is 23.2 Å². The molecular weight excluding hydrogens is 579 g/mol. The summed E-state index contributed by atoms with van der Waals surface area (Å²) in [5, 5.41) is 5.80. The van der Waals surface area contributed by atoms with E-state index in [0.717, 1.165) is 11.1 Å². The summed E-state index contributed by atoms with van der Waals surface area (Å²) in [6.07, 6.45) is 0.289. The van der Waals surface area contributed by atoms with Crippen LogP contribution in [-0.4, -0.2) is 42.4 Å². The average molecular weight is 614 g/mol. The van der Waals surface area contributed by atoms with Gasteiger partial charge in [-0.15, -0.1) is 0 Å². The summed E-state index contributed by atoms with van der Waals surface area (Å²) >= 11 is 12.0. The number of nitrogens with one attached hydrogen (secondary N) is 2. The molecule has 222 valence electrons. The van der Waals surface area contributed by atoms with Gasteiger partial charge in [-0.1, -0.05) is 97.7 Å². The molecule has 0 heterocycles. The summed E-state index contributed by atoms with van der Waals surface area (Å²) in [5.41, 5.74) is 1.79. The van der Waals surface area contributed by atoms with E-state index in [2.05, 4.69) is 10.6 Å². The van der Waals surface area contributed by atoms with E-state index in [1.807, 2.05) is 74.5 Å². The summed E-state index contributed by atoms with van der Waals surface area (Å²) in [7, 11) is 0. The number of amides is 2. The number of rotatable bonds is 14. The number of carbonyl (C=O) groups is 4. The number of hydrogen-bond donors (Lipinski definition) is 2. The standard InChI is InChI=1S/C32H34Cl2N2O6/c1-21(2)17-28(36-32(40)42-19-23-11-7-4-8-12-23)30(38)35-27(16-13-22-9-5-3-6-10-22)29(37)20-41-31(39)25-18-24(33)14-15-26(25)34/h3-12,14-15,18,21,27-28H,13,16-17,19-20H2,1-2H3,(H,35,38)(H,36,40)/t27-,28-/m0/s1. The molecule has 0 spiro atoms. The Morgan fingerprint density at radius 1 is 0.786 bits per heavy atom. The van der Waals surface area contributed by atoms with Crippen molar-refractivity contribution in [2.45, 2.75) is 51.8 Å². The number of ketones is 1. The second-order valence-corrected chi connectivity index (χ2v) is 11.0. The van der Waals surface area contributed by atoms with E-state index in [9.17, 15) is 19.2 Å². The molecule has 0 fully saturated rings. The average Bonchev–Trinajstić information content (AvgIpc) is 2.98. The summed E-state index contributed by atoms with van der Waals surface area (Å²) in [5.74, 6) is -1.82. The van der Waals surface area contributed by atoms with Crippen LogP contribution in [0.1, 0.15) is 48.2 Å². The summed E-state index contributed by atoms with van der Waals surface area (Å²) in [4.78, 5) is 51.8. The molecule has 0 bridgehead atoms. The summed E-state index contributed by atoms with van der Waals surface area (Å²) in [6.45, 7) is 3.27. The Morgan fingerprint density at radius 2 is 1.43 bits per heavy atom. The first-order valence-corrected chi connectivity index (χ1v) is 14.3. The first-order chi connectivity index (χ1) is 20.1. The van der Waals surface area contributed by atoms with Gasteiger partial charge in [-0.3, -0.25) is 9.59 Å². The van der Waals surface area contributed by atoms with E-state index < -0.39 is 42.4 Å². The third kappa shape index (κ3) is 10.8. The SMILES string of the molecule is CC(C)C[C@H](NC(=O)OCc1ccccc1)C(=O)N[C@@H](CCc1ccccc1)C(=O)COC(=O)c1cc(Cl)ccc1Cl. The van der Waals surface area contributed by atoms with Crippen LogP contribution in [0.15, 0.2) is 78.9 Å². The molecule has 3 rings (SSSR count). The first kappa shape index (κ1) is 32.6. The maximum absolute atomic E-state index is 13.4. The molecule has 2 atom stereocenters. The molecule has 0 aromatic heterocycles. The fourth-order valence-corrected chi connectivity index (χ4v) is 4.49. The monoisotopic (exact) mass is 612 g/mol. The van der Waals surface area contributed by atoms with Gasteiger partial charge in [0.15, 0.2) is 12.4 Å². The number of aryl methyl sites for hydroxylation is 1. The summed E-state index contributed by atoms with van der Waals surface area (Å²) < 4.78 is 10.5. The Kier molecular flexibility index (Phi) is 12.8. The number of benzene rings is 3. The molecule has 2 amide bonds. The van der Waals surface area contributed by atoms with Crippen molar-refractivity contribution in [3.05, 3.63) is 106 Å². The molecule has 10 heteroatoms. The van der Waals surface area contributed by atoms with Gasteiger partial charge in [-0.2, -0.15) is 0 Å². The highest BCUT2D eigenvalue weighted by molar-refractivity contribution is 6.35. The molecule has 3 aromatic carbocycles. The van der Waals surface area contributed by atoms with Crippen molar-refractivity contribution >= 4 is 47.0 Å². The Labute approximate surface area is 255 Å². The van der Waals surface area contributed by atoms with E-state index in [1.54, 1.807) is 0 Å². The lowest BCUT2D eigenvalue weighted by Gasteiger charge is -2.24. The molecule has 8 nitrogen and oxygen atoms in total. The molecule has 0 aliphatic carbocycles. The van der Waals surface area contributed by atoms with Gasteiger partial charge < -0.3 is 20.1 Å². The van der Waals surface area contributed by atoms with E-state index >= 15 is 0 Å². The number of Topliss-reactive ketones (excluding diaryl/α,β-unsaturated/α-hetero) is 1. The zero-order valence-electron chi connectivity index (χ0n) is 23.5. The fourth-order valence-electron chi connectivity index (χ4n) is 4.12. The van der Waals surface area contributed by atoms with E-state index in [0.29, 0.717) is 12.8 Å². The van der Waals surface area contributed by atoms with Crippen LogP contribution in [0.3, 0.4) is 0 Å². The maximum atomic E-state index is 13.4. The molecular formula is C32H34Cl2N2O6. The molecule has 0 saturated carbocycles. The molecule has 0 saturated heterocycles. The van der Waals surface area contributed by atoms with Gasteiger partial charge in [0.1, 0.15) is 12.6 Å². The van der Waals surface area contributed by atoms with Crippen LogP contribution < -0.4 is 10.6 Å². The number of halogens is 2. The highest BCUT2D eigenvalue weighted by Gasteiger charge is 2.28. The van der Waals surface area contributed by atoms with Crippen molar-refractivity contribution < 1.29 is 28.7 Å². The highest BCUT2D eigenvalue weighted by atomic mass is 35.5. The third-order valence-electron chi connectivity index (χ3n) is 6.29. The largest absolute Gasteiger partial charge is 0.454 e. The van der Waals surface area contributed by atoms with Crippen molar-refractivity contribution in [1.29, 1.82) is 0 Å². The normalized spacial score (nSPS) is 12.2. The number of esters is 1. The van der Waals surface area contributed by atoms with Crippen molar-refractivity contribution in [3.63, 3.8) is 0 Å². The van der Waals surface area contributed by atoms with Crippen LogP contribution in [-0.2, 0) is 32.1 Å². The minimum atomic E-state index is -0.989. The Hall–Kier alpha value is -3.88. The highest BCUT2D eigenvalue weighted by Crippen LogP contribution is 2.21. The predicted molar refractivity (Wildman–Crippen MR) is 161 cm³/mol. The summed E-state index contributed by atoms with van der Waals surface area (Å²) in [6, 6.07) is 21.0. The molecule has 3 aromatic rings. The van der Waals surface area contributed by atoms with Gasteiger partial charge in [0.25, 0.3) is 0 Å². The van der Waals surface area contributed by atoms with Crippen LogP contribution in [0.4, 0.5) is 4.79 Å². The van der Waals surface area contributed by atoms with Crippen molar-refractivity contribution in [1.82, 2.24) is 10.6 Å². The van der Waals surface area contributed by atoms with Gasteiger partial charge in [-0.25, -0.2) is 9.59 Å². The lowest BCUT2D eigenvalue weighted by Crippen LogP contribution is -2.52. The van der Waals surface area contributed by atoms with Crippen molar-refractivity contribution in [2.75, 3.05) is 6.61 Å². The van der Waals surface area contributed by atoms with Crippen LogP contribution in [0, 0.1) is 5.92 Å². The topological polar surface area (TPSA) is 111 Å². The van der Waals surface area contributed by atoms with Gasteiger partial charge in [-0.05, 0) is 54.5 Å². The number of ether oxygens (including phenoxy) is 2. The van der Waals surface area contributed by atoms with Gasteiger partial charge in [0.05, 0.1) is 16.6 Å². The van der Waals surface area contributed by atoms with E-state index in [4.69, 9.17) is 32.7 Å². The van der Waals surface area contributed by atoms with Gasteiger partial charge in [0.2, 0.25) is 5.91 Å². The van der Waals surface area contributed by atoms with Crippen LogP contribution in [0.2, 0.25) is 10.0 Å². The van der Waals surface area contributed by atoms with E-state index in [-0.39, 0.29) is 34.6 Å². The predicted octanol–water partition coefficient (Wildman–Crippen LogP) is 6.18. The van der Waals surface area contributed by atoms with Crippen LogP contribution in [0.25, 0.3) is 0 Å². The smallest absolute Gasteiger partial charge is 0.408 e. The number of carbonyl (C=O) groups excluding carboxylic acids is 4. The maximum Gasteiger partial charge on any atom is 0.408 e. The third-order valence-corrected chi connectivity index (χ3v) is 6.86. The molecule has 0 unspecified atom stereocenters. The molecule has 0 aliphatic heterocycles. The molecule has 2 N–H and O–H groups in total. The first-order valence-electron chi connectivity index (χ1n) is 13.6. The van der Waals surface area contributed by atoms with Gasteiger partial charge in [0, 0.05) is 5.02 Å². The minimum absolute atomic E-state index is 0.0250. The van der Waals surface area contributed by atoms with Gasteiger partial charge >= 0.3 is 12.1 Å². The second kappa shape index (κ2) is 16.5. The second-order valence-electron chi connectivity index (χ2n) is 10.1. The zero-order valence-corrected chi connectivity index (χ0v) is 25.0. The van der Waals surface area contributed by atoms with E-state index in [1.165, 1.54) is 18.2 Å². The number of hydrogen-bond acceptors (Lipinski definition) is 6. The Morgan fingerprint density at radius 3 is 2.07 bits per heavy atom. The molecule has 42 heavy (non-hydrogen) atoms. The Balaban J connectivity index is 1.68. The van der Waals surface area contributed by atoms with Crippen molar-refractivity contribution in [3.8, 4) is 0 Å². The number of alkyl carbamates (subject to hydrolysis) is 1. The lowest BCUT2D eigenvalue weighted by atomic mass is 10.00. The quantitative estimate of drug-likeness (QED) is 0.210. The lowest BCUT2D eigenvalue weighted by molar-refractivity contribution is -0.130. The van der Waals surface area contributed by atoms with Crippen molar-refractivity contribution in [2.24, 2.45) is 5.92 Å². The Bertz CT molecular complexity index is 1350. The van der Waals surface area contributed by atoms with Crippen LogP contribution in [0.5, 0.6) is 0 Å². The fraction of sp³-hybridized carbons (Fsp3) is 0.312. The molecule has 0 radical (unpaired) electrons.